The number of halogens is 2. The van der Waals surface area contributed by atoms with Crippen LogP contribution in [0.4, 0.5) is 14.5 Å². The number of nitro benzene ring substituents is 1. The average Bonchev–Trinajstić information content (AvgIpc) is 2.48. The molecule has 0 aliphatic rings. The topological polar surface area (TPSA) is 69.2 Å². The molecule has 21 heavy (non-hydrogen) atoms. The molecule has 0 radical (unpaired) electrons. The van der Waals surface area contributed by atoms with Crippen LogP contribution in [0.15, 0.2) is 47.4 Å². The molecule has 0 fully saturated rings. The van der Waals surface area contributed by atoms with E-state index in [1.807, 2.05) is 0 Å². The minimum Gasteiger partial charge on any atom is -0.323 e. The minimum absolute atomic E-state index is 0.0178. The Morgan fingerprint density at radius 2 is 1.81 bits per heavy atom. The molecule has 0 heterocycles. The Bertz CT molecular complexity index is 650. The van der Waals surface area contributed by atoms with E-state index < -0.39 is 22.6 Å². The van der Waals surface area contributed by atoms with Crippen LogP contribution in [0.2, 0.25) is 0 Å². The van der Waals surface area contributed by atoms with Crippen molar-refractivity contribution in [2.24, 2.45) is 5.73 Å². The first-order valence-electron chi connectivity index (χ1n) is 6.05. The number of non-ortho nitro benzene ring substituents is 1. The highest BCUT2D eigenvalue weighted by molar-refractivity contribution is 7.99. The Labute approximate surface area is 124 Å². The fourth-order valence-electron chi connectivity index (χ4n) is 1.69. The van der Waals surface area contributed by atoms with E-state index in [0.29, 0.717) is 11.3 Å². The summed E-state index contributed by atoms with van der Waals surface area (Å²) in [6.07, 6.45) is 0. The molecule has 0 amide bonds. The molecule has 0 bridgehead atoms. The lowest BCUT2D eigenvalue weighted by Gasteiger charge is -2.12. The van der Waals surface area contributed by atoms with E-state index in [9.17, 15) is 18.9 Å². The number of benzene rings is 2. The van der Waals surface area contributed by atoms with Gasteiger partial charge in [0.25, 0.3) is 5.69 Å². The third-order valence-corrected chi connectivity index (χ3v) is 3.98. The minimum atomic E-state index is -0.928. The fourth-order valence-corrected chi connectivity index (χ4v) is 2.58. The van der Waals surface area contributed by atoms with Gasteiger partial charge < -0.3 is 5.73 Å². The molecule has 0 spiro atoms. The van der Waals surface area contributed by atoms with Gasteiger partial charge in [-0.3, -0.25) is 10.1 Å². The summed E-state index contributed by atoms with van der Waals surface area (Å²) < 4.78 is 26.0. The molecule has 0 aromatic heterocycles. The second kappa shape index (κ2) is 6.64. The molecule has 2 aromatic rings. The summed E-state index contributed by atoms with van der Waals surface area (Å²) in [6.45, 7) is 0. The van der Waals surface area contributed by atoms with E-state index in [0.717, 1.165) is 17.0 Å². The van der Waals surface area contributed by atoms with Crippen molar-refractivity contribution in [2.45, 2.75) is 10.9 Å². The first-order valence-corrected chi connectivity index (χ1v) is 7.03. The van der Waals surface area contributed by atoms with Crippen molar-refractivity contribution < 1.29 is 13.7 Å². The fraction of sp³-hybridized carbons (Fsp3) is 0.143. The summed E-state index contributed by atoms with van der Waals surface area (Å²) in [5.41, 5.74) is 6.44. The Morgan fingerprint density at radius 1 is 1.14 bits per heavy atom. The molecule has 0 saturated carbocycles. The number of rotatable bonds is 5. The van der Waals surface area contributed by atoms with Gasteiger partial charge in [-0.25, -0.2) is 8.78 Å². The molecule has 0 aliphatic heterocycles. The Balaban J connectivity index is 1.98. The van der Waals surface area contributed by atoms with Gasteiger partial charge in [0.1, 0.15) is 0 Å². The van der Waals surface area contributed by atoms with Crippen LogP contribution in [0.3, 0.4) is 0 Å². The molecule has 0 aliphatic carbocycles. The van der Waals surface area contributed by atoms with Crippen LogP contribution in [0.5, 0.6) is 0 Å². The molecule has 2 aromatic carbocycles. The molecule has 110 valence electrons. The first-order chi connectivity index (χ1) is 9.97. The molecule has 0 saturated heterocycles. The maximum absolute atomic E-state index is 13.1. The van der Waals surface area contributed by atoms with Crippen LogP contribution in [0, 0.1) is 21.7 Å². The van der Waals surface area contributed by atoms with Gasteiger partial charge in [-0.05, 0) is 29.8 Å². The highest BCUT2D eigenvalue weighted by atomic mass is 32.2. The van der Waals surface area contributed by atoms with E-state index in [2.05, 4.69) is 0 Å². The zero-order valence-electron chi connectivity index (χ0n) is 10.8. The summed E-state index contributed by atoms with van der Waals surface area (Å²) >= 11 is 1.39. The van der Waals surface area contributed by atoms with Gasteiger partial charge in [0, 0.05) is 28.8 Å². The van der Waals surface area contributed by atoms with E-state index in [1.54, 1.807) is 12.1 Å². The highest BCUT2D eigenvalue weighted by Gasteiger charge is 2.11. The van der Waals surface area contributed by atoms with Crippen LogP contribution in [0.25, 0.3) is 0 Å². The van der Waals surface area contributed by atoms with Crippen molar-refractivity contribution in [3.63, 3.8) is 0 Å². The first kappa shape index (κ1) is 15.4. The number of hydrogen-bond donors (Lipinski definition) is 1. The average molecular weight is 310 g/mol. The SMILES string of the molecule is NC(CSc1ccc([N+](=O)[O-])cc1)c1ccc(F)c(F)c1. The summed E-state index contributed by atoms with van der Waals surface area (Å²) in [5.74, 6) is -1.39. The molecule has 7 heteroatoms. The maximum atomic E-state index is 13.1. The van der Waals surface area contributed by atoms with Crippen molar-refractivity contribution in [3.8, 4) is 0 Å². The molecule has 1 unspecified atom stereocenters. The van der Waals surface area contributed by atoms with Gasteiger partial charge in [-0.1, -0.05) is 6.07 Å². The molecule has 1 atom stereocenters. The zero-order chi connectivity index (χ0) is 15.4. The van der Waals surface area contributed by atoms with Crippen molar-refractivity contribution in [1.82, 2.24) is 0 Å². The summed E-state index contributed by atoms with van der Waals surface area (Å²) in [4.78, 5) is 10.9. The van der Waals surface area contributed by atoms with E-state index in [-0.39, 0.29) is 5.69 Å². The van der Waals surface area contributed by atoms with Gasteiger partial charge in [-0.2, -0.15) is 0 Å². The summed E-state index contributed by atoms with van der Waals surface area (Å²) in [5, 5.41) is 10.5. The second-order valence-corrected chi connectivity index (χ2v) is 5.44. The van der Waals surface area contributed by atoms with Crippen molar-refractivity contribution in [1.29, 1.82) is 0 Å². The Hall–Kier alpha value is -1.99. The van der Waals surface area contributed by atoms with Gasteiger partial charge >= 0.3 is 0 Å². The standard InChI is InChI=1S/C14H12F2N2O2S/c15-12-6-1-9(7-13(12)16)14(17)8-21-11-4-2-10(3-5-11)18(19)20/h1-7,14H,8,17H2. The second-order valence-electron chi connectivity index (χ2n) is 4.34. The number of nitro groups is 1. The van der Waals surface area contributed by atoms with Crippen LogP contribution in [-0.4, -0.2) is 10.7 Å². The third-order valence-electron chi connectivity index (χ3n) is 2.85. The molecular formula is C14H12F2N2O2S. The predicted octanol–water partition coefficient (Wildman–Crippen LogP) is 3.67. The normalized spacial score (nSPS) is 12.1. The van der Waals surface area contributed by atoms with Crippen LogP contribution in [0.1, 0.15) is 11.6 Å². The molecule has 2 rings (SSSR count). The number of hydrogen-bond acceptors (Lipinski definition) is 4. The third kappa shape index (κ3) is 3.99. The quantitative estimate of drug-likeness (QED) is 0.520. The summed E-state index contributed by atoms with van der Waals surface area (Å²) in [7, 11) is 0. The highest BCUT2D eigenvalue weighted by Crippen LogP contribution is 2.25. The lowest BCUT2D eigenvalue weighted by atomic mass is 10.1. The van der Waals surface area contributed by atoms with Crippen LogP contribution < -0.4 is 5.73 Å². The largest absolute Gasteiger partial charge is 0.323 e. The predicted molar refractivity (Wildman–Crippen MR) is 77.1 cm³/mol. The monoisotopic (exact) mass is 310 g/mol. The van der Waals surface area contributed by atoms with Crippen molar-refractivity contribution >= 4 is 17.4 Å². The maximum Gasteiger partial charge on any atom is 0.269 e. The smallest absolute Gasteiger partial charge is 0.269 e. The van der Waals surface area contributed by atoms with Gasteiger partial charge in [0.15, 0.2) is 11.6 Å². The van der Waals surface area contributed by atoms with Gasteiger partial charge in [0.2, 0.25) is 0 Å². The van der Waals surface area contributed by atoms with Gasteiger partial charge in [-0.15, -0.1) is 11.8 Å². The molecule has 4 nitrogen and oxygen atoms in total. The lowest BCUT2D eigenvalue weighted by molar-refractivity contribution is -0.384. The van der Waals surface area contributed by atoms with Crippen molar-refractivity contribution in [2.75, 3.05) is 5.75 Å². The number of nitrogens with two attached hydrogens (primary N) is 1. The van der Waals surface area contributed by atoms with Crippen LogP contribution >= 0.6 is 11.8 Å². The Morgan fingerprint density at radius 3 is 2.38 bits per heavy atom. The van der Waals surface area contributed by atoms with E-state index in [1.165, 1.54) is 30.0 Å². The zero-order valence-corrected chi connectivity index (χ0v) is 11.6. The van der Waals surface area contributed by atoms with Gasteiger partial charge in [0.05, 0.1) is 4.92 Å². The van der Waals surface area contributed by atoms with E-state index >= 15 is 0 Å². The van der Waals surface area contributed by atoms with Crippen molar-refractivity contribution in [3.05, 3.63) is 69.8 Å². The number of nitrogens with zero attached hydrogens (tertiary/aromatic N) is 1. The number of thioether (sulfide) groups is 1. The molecule has 2 N–H and O–H groups in total. The Kier molecular flexibility index (Phi) is 4.87. The molecular weight excluding hydrogens is 298 g/mol. The lowest BCUT2D eigenvalue weighted by Crippen LogP contribution is -2.13. The van der Waals surface area contributed by atoms with Crippen LogP contribution in [-0.2, 0) is 0 Å². The van der Waals surface area contributed by atoms with E-state index in [4.69, 9.17) is 5.73 Å². The summed E-state index contributed by atoms with van der Waals surface area (Å²) in [6, 6.07) is 9.18.